The molecule has 162 valence electrons. The predicted octanol–water partition coefficient (Wildman–Crippen LogP) is 2.87. The lowest BCUT2D eigenvalue weighted by atomic mass is 10.2. The molecule has 2 aromatic rings. The lowest BCUT2D eigenvalue weighted by molar-refractivity contribution is -0.917. The van der Waals surface area contributed by atoms with Crippen LogP contribution in [0.15, 0.2) is 41.3 Å². The first kappa shape index (κ1) is 23.3. The van der Waals surface area contributed by atoms with Gasteiger partial charge in [0.25, 0.3) is 5.91 Å². The van der Waals surface area contributed by atoms with E-state index in [0.29, 0.717) is 46.9 Å². The molecule has 1 aliphatic heterocycles. The van der Waals surface area contributed by atoms with Gasteiger partial charge in [0.2, 0.25) is 10.0 Å². The van der Waals surface area contributed by atoms with Crippen molar-refractivity contribution in [2.24, 2.45) is 0 Å². The largest absolute Gasteiger partial charge is 0.323 e. The number of nitrogens with one attached hydrogen (secondary N) is 2. The highest BCUT2D eigenvalue weighted by atomic mass is 35.5. The number of rotatable bonds is 5. The zero-order valence-corrected chi connectivity index (χ0v) is 19.7. The zero-order valence-electron chi connectivity index (χ0n) is 16.6. The van der Waals surface area contributed by atoms with Crippen molar-refractivity contribution in [1.29, 1.82) is 0 Å². The second kappa shape index (κ2) is 9.42. The number of sulfonamides is 1. The summed E-state index contributed by atoms with van der Waals surface area (Å²) in [5.41, 5.74) is 1.40. The Morgan fingerprint density at radius 3 is 2.20 bits per heavy atom. The minimum atomic E-state index is -3.54. The van der Waals surface area contributed by atoms with E-state index in [1.807, 2.05) is 6.92 Å². The molecule has 0 spiro atoms. The standard InChI is InChI=1S/C20H22Cl3N3O3S/c1-13-3-5-15(6-4-13)30(28,29)26-9-7-25(8-10-26)14(2)20(27)24-19-12-17(22)16(21)11-18(19)23/h3-6,11-12,14H,7-10H2,1-2H3,(H,24,27)/p+1/t14-/m1/s1. The number of hydrogen-bond donors (Lipinski definition) is 2. The van der Waals surface area contributed by atoms with E-state index in [1.165, 1.54) is 16.4 Å². The van der Waals surface area contributed by atoms with Gasteiger partial charge < -0.3 is 10.2 Å². The highest BCUT2D eigenvalue weighted by Crippen LogP contribution is 2.32. The van der Waals surface area contributed by atoms with Gasteiger partial charge >= 0.3 is 0 Å². The highest BCUT2D eigenvalue weighted by Gasteiger charge is 2.34. The summed E-state index contributed by atoms with van der Waals surface area (Å²) in [6.45, 7) is 5.45. The molecular weight excluding hydrogens is 469 g/mol. The lowest BCUT2D eigenvalue weighted by Crippen LogP contribution is -3.19. The summed E-state index contributed by atoms with van der Waals surface area (Å²) in [4.78, 5) is 14.0. The van der Waals surface area contributed by atoms with Crippen LogP contribution >= 0.6 is 34.8 Å². The fourth-order valence-electron chi connectivity index (χ4n) is 3.35. The van der Waals surface area contributed by atoms with Crippen molar-refractivity contribution in [2.75, 3.05) is 31.5 Å². The Bertz CT molecular complexity index is 1040. The number of nitrogens with zero attached hydrogens (tertiary/aromatic N) is 1. The molecule has 1 amide bonds. The fraction of sp³-hybridized carbons (Fsp3) is 0.350. The third-order valence-electron chi connectivity index (χ3n) is 5.30. The number of piperazine rings is 1. The summed E-state index contributed by atoms with van der Waals surface area (Å²) >= 11 is 18.1. The van der Waals surface area contributed by atoms with E-state index in [9.17, 15) is 13.2 Å². The molecule has 2 aromatic carbocycles. The van der Waals surface area contributed by atoms with Crippen LogP contribution in [0.2, 0.25) is 15.1 Å². The summed E-state index contributed by atoms with van der Waals surface area (Å²) < 4.78 is 27.2. The Morgan fingerprint density at radius 2 is 1.60 bits per heavy atom. The number of quaternary nitrogens is 1. The third kappa shape index (κ3) is 5.10. The Kier molecular flexibility index (Phi) is 7.32. The molecule has 0 aliphatic carbocycles. The molecule has 10 heteroatoms. The minimum Gasteiger partial charge on any atom is -0.323 e. The van der Waals surface area contributed by atoms with Gasteiger partial charge in [-0.15, -0.1) is 0 Å². The number of carbonyl (C=O) groups excluding carboxylic acids is 1. The molecule has 0 saturated carbocycles. The van der Waals surface area contributed by atoms with Crippen LogP contribution in [-0.4, -0.2) is 50.9 Å². The molecule has 0 aromatic heterocycles. The van der Waals surface area contributed by atoms with Gasteiger partial charge in [0.1, 0.15) is 0 Å². The average Bonchev–Trinajstić information content (AvgIpc) is 2.71. The monoisotopic (exact) mass is 490 g/mol. The molecule has 1 fully saturated rings. The number of benzene rings is 2. The summed E-state index contributed by atoms with van der Waals surface area (Å²) in [6, 6.07) is 9.43. The van der Waals surface area contributed by atoms with Crippen molar-refractivity contribution in [3.63, 3.8) is 0 Å². The maximum Gasteiger partial charge on any atom is 0.282 e. The van der Waals surface area contributed by atoms with Crippen LogP contribution in [0, 0.1) is 6.92 Å². The van der Waals surface area contributed by atoms with Crippen LogP contribution in [0.1, 0.15) is 12.5 Å². The topological polar surface area (TPSA) is 70.9 Å². The molecule has 6 nitrogen and oxygen atoms in total. The van der Waals surface area contributed by atoms with Gasteiger partial charge in [-0.25, -0.2) is 8.42 Å². The molecule has 1 heterocycles. The second-order valence-corrected chi connectivity index (χ2v) is 10.5. The van der Waals surface area contributed by atoms with Crippen LogP contribution in [-0.2, 0) is 14.8 Å². The van der Waals surface area contributed by atoms with Crippen molar-refractivity contribution in [3.8, 4) is 0 Å². The van der Waals surface area contributed by atoms with Gasteiger partial charge in [-0.3, -0.25) is 4.79 Å². The lowest BCUT2D eigenvalue weighted by Gasteiger charge is -2.34. The van der Waals surface area contributed by atoms with Crippen molar-refractivity contribution in [3.05, 3.63) is 57.0 Å². The Hall–Kier alpha value is -1.35. The molecule has 0 unspecified atom stereocenters. The van der Waals surface area contributed by atoms with Crippen LogP contribution in [0.4, 0.5) is 5.69 Å². The SMILES string of the molecule is Cc1ccc(S(=O)(=O)N2CC[NH+]([C@H](C)C(=O)Nc3cc(Cl)c(Cl)cc3Cl)CC2)cc1. The summed E-state index contributed by atoms with van der Waals surface area (Å²) in [7, 11) is -3.54. The van der Waals surface area contributed by atoms with E-state index in [0.717, 1.165) is 10.5 Å². The van der Waals surface area contributed by atoms with Crippen LogP contribution in [0.5, 0.6) is 0 Å². The highest BCUT2D eigenvalue weighted by molar-refractivity contribution is 7.89. The van der Waals surface area contributed by atoms with E-state index in [1.54, 1.807) is 31.2 Å². The summed E-state index contributed by atoms with van der Waals surface area (Å²) in [5, 5.41) is 3.69. The number of aryl methyl sites for hydroxylation is 1. The molecule has 0 radical (unpaired) electrons. The Balaban J connectivity index is 1.62. The maximum absolute atomic E-state index is 12.8. The molecule has 30 heavy (non-hydrogen) atoms. The smallest absolute Gasteiger partial charge is 0.282 e. The fourth-order valence-corrected chi connectivity index (χ4v) is 5.39. The zero-order chi connectivity index (χ0) is 22.1. The summed E-state index contributed by atoms with van der Waals surface area (Å²) in [6.07, 6.45) is 0. The molecule has 2 N–H and O–H groups in total. The van der Waals surface area contributed by atoms with Gasteiger partial charge in [-0.05, 0) is 38.1 Å². The first-order chi connectivity index (χ1) is 14.1. The third-order valence-corrected chi connectivity index (χ3v) is 8.24. The van der Waals surface area contributed by atoms with E-state index in [4.69, 9.17) is 34.8 Å². The Labute approximate surface area is 191 Å². The van der Waals surface area contributed by atoms with Crippen LogP contribution in [0.3, 0.4) is 0 Å². The molecule has 0 bridgehead atoms. The van der Waals surface area contributed by atoms with Gasteiger partial charge in [0.15, 0.2) is 6.04 Å². The van der Waals surface area contributed by atoms with E-state index >= 15 is 0 Å². The molecule has 1 aliphatic rings. The number of amides is 1. The van der Waals surface area contributed by atoms with Crippen molar-refractivity contribution in [1.82, 2.24) is 4.31 Å². The molecule has 1 atom stereocenters. The quantitative estimate of drug-likeness (QED) is 0.632. The molecule has 1 saturated heterocycles. The number of hydrogen-bond acceptors (Lipinski definition) is 3. The first-order valence-electron chi connectivity index (χ1n) is 9.46. The number of carbonyl (C=O) groups is 1. The van der Waals surface area contributed by atoms with E-state index < -0.39 is 10.0 Å². The maximum atomic E-state index is 12.8. The van der Waals surface area contributed by atoms with Gasteiger partial charge in [-0.1, -0.05) is 52.5 Å². The normalized spacial score (nSPS) is 17.0. The van der Waals surface area contributed by atoms with Gasteiger partial charge in [0.05, 0.1) is 51.8 Å². The summed E-state index contributed by atoms with van der Waals surface area (Å²) in [5.74, 6) is -0.222. The van der Waals surface area contributed by atoms with E-state index in [-0.39, 0.29) is 16.8 Å². The average molecular weight is 492 g/mol. The molecular formula is C20H23Cl3N3O3S+. The van der Waals surface area contributed by atoms with Crippen molar-refractivity contribution < 1.29 is 18.1 Å². The molecule has 3 rings (SSSR count). The van der Waals surface area contributed by atoms with Crippen LogP contribution in [0.25, 0.3) is 0 Å². The van der Waals surface area contributed by atoms with Gasteiger partial charge in [-0.2, -0.15) is 4.31 Å². The number of anilines is 1. The van der Waals surface area contributed by atoms with Crippen LogP contribution < -0.4 is 10.2 Å². The second-order valence-electron chi connectivity index (χ2n) is 7.33. The minimum absolute atomic E-state index is 0.222. The van der Waals surface area contributed by atoms with Gasteiger partial charge in [0, 0.05) is 0 Å². The first-order valence-corrected chi connectivity index (χ1v) is 12.0. The number of halogens is 3. The van der Waals surface area contributed by atoms with E-state index in [2.05, 4.69) is 5.32 Å². The Morgan fingerprint density at radius 1 is 1.03 bits per heavy atom. The predicted molar refractivity (Wildman–Crippen MR) is 120 cm³/mol. The van der Waals surface area contributed by atoms with Crippen molar-refractivity contribution in [2.45, 2.75) is 24.8 Å². The van der Waals surface area contributed by atoms with Crippen molar-refractivity contribution >= 4 is 56.4 Å².